The first-order valence-corrected chi connectivity index (χ1v) is 4.47. The van der Waals surface area contributed by atoms with Crippen molar-refractivity contribution >= 4 is 17.9 Å². The molecule has 0 atom stereocenters. The molecule has 0 spiro atoms. The highest BCUT2D eigenvalue weighted by molar-refractivity contribution is 5.96. The minimum atomic E-state index is -2.88. The van der Waals surface area contributed by atoms with Crippen LogP contribution in [0.2, 0.25) is 0 Å². The van der Waals surface area contributed by atoms with Crippen LogP contribution in [0.5, 0.6) is 5.75 Å². The van der Waals surface area contributed by atoms with E-state index in [1.165, 1.54) is 13.2 Å². The number of aromatic carboxylic acids is 1. The lowest BCUT2D eigenvalue weighted by Crippen LogP contribution is -2.04. The van der Waals surface area contributed by atoms with E-state index in [2.05, 4.69) is 4.99 Å². The van der Waals surface area contributed by atoms with Crippen molar-refractivity contribution in [2.45, 2.75) is 6.55 Å². The van der Waals surface area contributed by atoms with Crippen LogP contribution in [0.3, 0.4) is 0 Å². The number of aliphatic imine (C=N–C) groups is 1. The maximum atomic E-state index is 11.9. The van der Waals surface area contributed by atoms with Crippen LogP contribution in [-0.2, 0) is 0 Å². The van der Waals surface area contributed by atoms with Gasteiger partial charge in [0.05, 0.1) is 18.4 Å². The molecular formula is C10H10F2N2O3. The second-order valence-corrected chi connectivity index (χ2v) is 3.04. The van der Waals surface area contributed by atoms with Gasteiger partial charge in [-0.3, -0.25) is 0 Å². The summed E-state index contributed by atoms with van der Waals surface area (Å²) in [6.45, 7) is -2.88. The smallest absolute Gasteiger partial charge is 0.335 e. The van der Waals surface area contributed by atoms with Crippen molar-refractivity contribution in [3.05, 3.63) is 23.3 Å². The summed E-state index contributed by atoms with van der Waals surface area (Å²) in [5.41, 5.74) is 5.60. The minimum Gasteiger partial charge on any atom is -0.495 e. The molecule has 1 rings (SSSR count). The maximum Gasteiger partial charge on any atom is 0.335 e. The molecule has 0 amide bonds. The van der Waals surface area contributed by atoms with Crippen LogP contribution in [0.1, 0.15) is 15.9 Å². The number of carboxylic acid groups (broad SMARTS) is 1. The molecular weight excluding hydrogens is 234 g/mol. The lowest BCUT2D eigenvalue weighted by Gasteiger charge is -2.08. The Morgan fingerprint density at radius 3 is 2.71 bits per heavy atom. The summed E-state index contributed by atoms with van der Waals surface area (Å²) >= 11 is 0. The molecule has 0 heterocycles. The Bertz CT molecular complexity index is 461. The second kappa shape index (κ2) is 5.24. The first-order chi connectivity index (χ1) is 7.95. The van der Waals surface area contributed by atoms with E-state index in [9.17, 15) is 13.6 Å². The summed E-state index contributed by atoms with van der Waals surface area (Å²) in [6.07, 6.45) is 0.814. The van der Waals surface area contributed by atoms with Crippen LogP contribution < -0.4 is 10.5 Å². The third-order valence-corrected chi connectivity index (χ3v) is 1.97. The van der Waals surface area contributed by atoms with E-state index < -0.39 is 12.5 Å². The van der Waals surface area contributed by atoms with Crippen LogP contribution in [0, 0.1) is 0 Å². The molecule has 0 fully saturated rings. The van der Waals surface area contributed by atoms with Gasteiger partial charge in [0.1, 0.15) is 5.75 Å². The Morgan fingerprint density at radius 2 is 2.24 bits per heavy atom. The number of alkyl halides is 2. The number of rotatable bonds is 4. The van der Waals surface area contributed by atoms with Gasteiger partial charge in [-0.05, 0) is 12.1 Å². The molecule has 0 aliphatic carbocycles. The monoisotopic (exact) mass is 244 g/mol. The van der Waals surface area contributed by atoms with E-state index in [0.29, 0.717) is 0 Å². The number of hydrogen-bond acceptors (Lipinski definition) is 4. The number of hydrogen-bond donors (Lipinski definition) is 2. The SMILES string of the molecule is COc1cc(C(=O)O)cc(/C=N/C(F)F)c1N. The summed E-state index contributed by atoms with van der Waals surface area (Å²) in [4.78, 5) is 13.6. The predicted molar refractivity (Wildman–Crippen MR) is 58.0 cm³/mol. The molecule has 0 saturated heterocycles. The number of benzene rings is 1. The van der Waals surface area contributed by atoms with Gasteiger partial charge in [0.2, 0.25) is 0 Å². The zero-order valence-corrected chi connectivity index (χ0v) is 8.85. The highest BCUT2D eigenvalue weighted by Gasteiger charge is 2.12. The first-order valence-electron chi connectivity index (χ1n) is 4.47. The number of nitrogen functional groups attached to an aromatic ring is 1. The van der Waals surface area contributed by atoms with E-state index >= 15 is 0 Å². The number of carbonyl (C=O) groups is 1. The van der Waals surface area contributed by atoms with Crippen LogP contribution in [0.25, 0.3) is 0 Å². The number of nitrogens with two attached hydrogens (primary N) is 1. The molecule has 0 saturated carbocycles. The summed E-state index contributed by atoms with van der Waals surface area (Å²) in [7, 11) is 1.30. The third kappa shape index (κ3) is 3.13. The largest absolute Gasteiger partial charge is 0.495 e. The number of methoxy groups -OCH3 is 1. The van der Waals surface area contributed by atoms with Gasteiger partial charge in [-0.15, -0.1) is 0 Å². The van der Waals surface area contributed by atoms with Gasteiger partial charge in [-0.2, -0.15) is 8.78 Å². The lowest BCUT2D eigenvalue weighted by molar-refractivity contribution is 0.0696. The number of anilines is 1. The summed E-state index contributed by atoms with van der Waals surface area (Å²) in [5, 5.41) is 8.81. The van der Waals surface area contributed by atoms with Crippen molar-refractivity contribution < 1.29 is 23.4 Å². The van der Waals surface area contributed by atoms with Crippen molar-refractivity contribution in [3.63, 3.8) is 0 Å². The Labute approximate surface area is 95.5 Å². The Morgan fingerprint density at radius 1 is 1.59 bits per heavy atom. The molecule has 0 radical (unpaired) electrons. The van der Waals surface area contributed by atoms with Gasteiger partial charge in [-0.1, -0.05) is 0 Å². The van der Waals surface area contributed by atoms with Gasteiger partial charge >= 0.3 is 12.5 Å². The number of halogens is 2. The first kappa shape index (κ1) is 12.9. The predicted octanol–water partition coefficient (Wildman–Crippen LogP) is 1.62. The van der Waals surface area contributed by atoms with Crippen molar-refractivity contribution in [3.8, 4) is 5.75 Å². The molecule has 1 aromatic carbocycles. The van der Waals surface area contributed by atoms with Crippen LogP contribution in [-0.4, -0.2) is 30.9 Å². The number of nitrogens with zero attached hydrogens (tertiary/aromatic N) is 1. The second-order valence-electron chi connectivity index (χ2n) is 3.04. The fraction of sp³-hybridized carbons (Fsp3) is 0.200. The van der Waals surface area contributed by atoms with Crippen LogP contribution >= 0.6 is 0 Å². The molecule has 0 bridgehead atoms. The van der Waals surface area contributed by atoms with Crippen LogP contribution in [0.15, 0.2) is 17.1 Å². The zero-order chi connectivity index (χ0) is 13.0. The molecule has 92 valence electrons. The molecule has 17 heavy (non-hydrogen) atoms. The Hall–Kier alpha value is -2.18. The van der Waals surface area contributed by atoms with Crippen molar-refractivity contribution in [2.24, 2.45) is 4.99 Å². The van der Waals surface area contributed by atoms with Gasteiger partial charge in [0.25, 0.3) is 0 Å². The van der Waals surface area contributed by atoms with E-state index in [1.807, 2.05) is 0 Å². The van der Waals surface area contributed by atoms with Gasteiger partial charge < -0.3 is 15.6 Å². The zero-order valence-electron chi connectivity index (χ0n) is 8.85. The summed E-state index contributed by atoms with van der Waals surface area (Å²) < 4.78 is 28.7. The quantitative estimate of drug-likeness (QED) is 0.478. The molecule has 0 aromatic heterocycles. The van der Waals surface area contributed by atoms with Gasteiger partial charge in [0.15, 0.2) is 0 Å². The Kier molecular flexibility index (Phi) is 3.97. The average molecular weight is 244 g/mol. The number of carboxylic acids is 1. The van der Waals surface area contributed by atoms with Crippen molar-refractivity contribution in [1.82, 2.24) is 0 Å². The Balaban J connectivity index is 3.27. The van der Waals surface area contributed by atoms with Crippen molar-refractivity contribution in [1.29, 1.82) is 0 Å². The molecule has 5 nitrogen and oxygen atoms in total. The third-order valence-electron chi connectivity index (χ3n) is 1.97. The summed E-state index contributed by atoms with van der Waals surface area (Å²) in [6, 6.07) is 2.35. The number of ether oxygens (including phenoxy) is 1. The molecule has 0 unspecified atom stereocenters. The fourth-order valence-corrected chi connectivity index (χ4v) is 1.18. The minimum absolute atomic E-state index is 0.0573. The molecule has 7 heteroatoms. The molecule has 3 N–H and O–H groups in total. The highest BCUT2D eigenvalue weighted by atomic mass is 19.3. The lowest BCUT2D eigenvalue weighted by atomic mass is 10.1. The highest BCUT2D eigenvalue weighted by Crippen LogP contribution is 2.26. The van der Waals surface area contributed by atoms with E-state index in [-0.39, 0.29) is 22.6 Å². The average Bonchev–Trinajstić information content (AvgIpc) is 2.27. The van der Waals surface area contributed by atoms with Gasteiger partial charge in [0, 0.05) is 11.8 Å². The molecule has 1 aromatic rings. The van der Waals surface area contributed by atoms with Crippen molar-refractivity contribution in [2.75, 3.05) is 12.8 Å². The fourth-order valence-electron chi connectivity index (χ4n) is 1.18. The van der Waals surface area contributed by atoms with E-state index in [4.69, 9.17) is 15.6 Å². The normalized spacial score (nSPS) is 11.1. The van der Waals surface area contributed by atoms with E-state index in [0.717, 1.165) is 12.3 Å². The molecule has 0 aliphatic heterocycles. The summed E-state index contributed by atoms with van der Waals surface area (Å²) in [5.74, 6) is -1.12. The van der Waals surface area contributed by atoms with E-state index in [1.54, 1.807) is 0 Å². The topological polar surface area (TPSA) is 84.9 Å². The standard InChI is InChI=1S/C10H10F2N2O3/c1-17-7-3-5(9(15)16)2-6(8(7)13)4-14-10(11)12/h2-4,10H,13H2,1H3,(H,15,16)/b14-4+. The van der Waals surface area contributed by atoms with Gasteiger partial charge in [-0.25, -0.2) is 9.79 Å². The van der Waals surface area contributed by atoms with Crippen LogP contribution in [0.4, 0.5) is 14.5 Å². The maximum absolute atomic E-state index is 11.9. The molecule has 0 aliphatic rings.